The molecule has 10 heavy (non-hydrogen) atoms. The van der Waals surface area contributed by atoms with Crippen molar-refractivity contribution in [3.8, 4) is 0 Å². The van der Waals surface area contributed by atoms with E-state index in [1.165, 1.54) is 16.8 Å². The Morgan fingerprint density at radius 3 is 3.20 bits per heavy atom. The standard InChI is InChI=1S/C8H9NS/c1-6-3-2-4-7-5-10-9-8(6)7/h2-4,9H,5H2,1H3. The maximum Gasteiger partial charge on any atom is 0.0510 e. The number of rotatable bonds is 0. The predicted molar refractivity (Wildman–Crippen MR) is 46.1 cm³/mol. The van der Waals surface area contributed by atoms with Crippen LogP contribution in [0.3, 0.4) is 0 Å². The van der Waals surface area contributed by atoms with Gasteiger partial charge in [-0.05, 0) is 30.0 Å². The average Bonchev–Trinajstić information content (AvgIpc) is 2.36. The lowest BCUT2D eigenvalue weighted by Gasteiger charge is -2.00. The third kappa shape index (κ3) is 0.797. The van der Waals surface area contributed by atoms with Crippen LogP contribution in [0.25, 0.3) is 0 Å². The van der Waals surface area contributed by atoms with E-state index >= 15 is 0 Å². The van der Waals surface area contributed by atoms with E-state index in [0.29, 0.717) is 0 Å². The number of hydrogen-bond donors (Lipinski definition) is 1. The van der Waals surface area contributed by atoms with Crippen LogP contribution in [-0.4, -0.2) is 0 Å². The number of hydrogen-bond acceptors (Lipinski definition) is 2. The minimum atomic E-state index is 1.11. The summed E-state index contributed by atoms with van der Waals surface area (Å²) in [7, 11) is 0. The lowest BCUT2D eigenvalue weighted by molar-refractivity contribution is 1.39. The summed E-state index contributed by atoms with van der Waals surface area (Å²) in [6, 6.07) is 6.43. The van der Waals surface area contributed by atoms with Crippen molar-refractivity contribution in [1.82, 2.24) is 0 Å². The van der Waals surface area contributed by atoms with Gasteiger partial charge in [0.15, 0.2) is 0 Å². The van der Waals surface area contributed by atoms with Crippen LogP contribution in [0.15, 0.2) is 18.2 Å². The van der Waals surface area contributed by atoms with Gasteiger partial charge in [-0.15, -0.1) is 0 Å². The highest BCUT2D eigenvalue weighted by molar-refractivity contribution is 8.00. The molecule has 52 valence electrons. The summed E-state index contributed by atoms with van der Waals surface area (Å²) in [5.74, 6) is 1.11. The first-order valence-corrected chi connectivity index (χ1v) is 4.33. The first-order chi connectivity index (χ1) is 4.88. The molecule has 0 bridgehead atoms. The molecule has 1 aromatic rings. The van der Waals surface area contributed by atoms with E-state index in [1.54, 1.807) is 11.9 Å². The molecule has 0 saturated heterocycles. The molecule has 0 radical (unpaired) electrons. The van der Waals surface area contributed by atoms with Crippen molar-refractivity contribution in [2.75, 3.05) is 4.72 Å². The Hall–Kier alpha value is -0.630. The van der Waals surface area contributed by atoms with Gasteiger partial charge in [-0.2, -0.15) is 0 Å². The summed E-state index contributed by atoms with van der Waals surface area (Å²) in [6.07, 6.45) is 0. The Morgan fingerprint density at radius 2 is 2.40 bits per heavy atom. The van der Waals surface area contributed by atoms with Crippen LogP contribution in [0.2, 0.25) is 0 Å². The van der Waals surface area contributed by atoms with Gasteiger partial charge in [-0.25, -0.2) is 0 Å². The Kier molecular flexibility index (Phi) is 1.34. The molecule has 2 rings (SSSR count). The fourth-order valence-electron chi connectivity index (χ4n) is 1.18. The van der Waals surface area contributed by atoms with Gasteiger partial charge < -0.3 is 4.72 Å². The Bertz CT molecular complexity index is 257. The van der Waals surface area contributed by atoms with Gasteiger partial charge in [0.1, 0.15) is 0 Å². The van der Waals surface area contributed by atoms with E-state index in [-0.39, 0.29) is 0 Å². The summed E-state index contributed by atoms with van der Waals surface area (Å²) in [5, 5.41) is 0. The molecule has 0 fully saturated rings. The Morgan fingerprint density at radius 1 is 1.50 bits per heavy atom. The summed E-state index contributed by atoms with van der Waals surface area (Å²) < 4.78 is 3.29. The molecule has 1 aliphatic rings. The smallest absolute Gasteiger partial charge is 0.0510 e. The normalized spacial score (nSPS) is 14.5. The molecule has 1 nitrogen and oxygen atoms in total. The molecule has 0 amide bonds. The number of para-hydroxylation sites is 1. The van der Waals surface area contributed by atoms with Gasteiger partial charge >= 0.3 is 0 Å². The van der Waals surface area contributed by atoms with Crippen molar-refractivity contribution in [2.45, 2.75) is 12.7 Å². The second kappa shape index (κ2) is 2.20. The molecule has 2 heteroatoms. The second-order valence-electron chi connectivity index (χ2n) is 2.50. The second-order valence-corrected chi connectivity index (χ2v) is 3.28. The molecule has 1 aliphatic heterocycles. The highest BCUT2D eigenvalue weighted by atomic mass is 32.2. The molecule has 0 aliphatic carbocycles. The van der Waals surface area contributed by atoms with E-state index in [9.17, 15) is 0 Å². The van der Waals surface area contributed by atoms with Crippen molar-refractivity contribution in [3.05, 3.63) is 29.3 Å². The van der Waals surface area contributed by atoms with E-state index < -0.39 is 0 Å². The molecule has 1 aromatic carbocycles. The minimum Gasteiger partial charge on any atom is -0.329 e. The largest absolute Gasteiger partial charge is 0.329 e. The summed E-state index contributed by atoms with van der Waals surface area (Å²) in [4.78, 5) is 0. The maximum atomic E-state index is 3.29. The van der Waals surface area contributed by atoms with Crippen LogP contribution in [0.1, 0.15) is 11.1 Å². The topological polar surface area (TPSA) is 12.0 Å². The zero-order valence-corrected chi connectivity index (χ0v) is 6.66. The molecular weight excluding hydrogens is 142 g/mol. The third-order valence-corrected chi connectivity index (χ3v) is 2.56. The van der Waals surface area contributed by atoms with Gasteiger partial charge in [-0.3, -0.25) is 0 Å². The van der Waals surface area contributed by atoms with Crippen molar-refractivity contribution in [3.63, 3.8) is 0 Å². The molecule has 0 saturated carbocycles. The lowest BCUT2D eigenvalue weighted by Crippen LogP contribution is -1.83. The van der Waals surface area contributed by atoms with Gasteiger partial charge in [0, 0.05) is 5.75 Å². The number of aryl methyl sites for hydroxylation is 1. The molecular formula is C8H9NS. The van der Waals surface area contributed by atoms with Crippen LogP contribution in [0.5, 0.6) is 0 Å². The number of nitrogens with one attached hydrogen (secondary N) is 1. The van der Waals surface area contributed by atoms with E-state index in [2.05, 4.69) is 29.8 Å². The number of anilines is 1. The summed E-state index contributed by atoms with van der Waals surface area (Å²) in [5.41, 5.74) is 4.11. The van der Waals surface area contributed by atoms with Crippen molar-refractivity contribution in [2.24, 2.45) is 0 Å². The number of benzene rings is 1. The third-order valence-electron chi connectivity index (χ3n) is 1.76. The Labute approximate surface area is 65.0 Å². The van der Waals surface area contributed by atoms with Crippen LogP contribution in [-0.2, 0) is 5.75 Å². The molecule has 1 heterocycles. The molecule has 1 N–H and O–H groups in total. The Balaban J connectivity index is 2.59. The maximum absolute atomic E-state index is 3.29. The van der Waals surface area contributed by atoms with Gasteiger partial charge in [0.2, 0.25) is 0 Å². The zero-order chi connectivity index (χ0) is 6.97. The van der Waals surface area contributed by atoms with Crippen LogP contribution < -0.4 is 4.72 Å². The first kappa shape index (κ1) is 6.10. The summed E-state index contributed by atoms with van der Waals surface area (Å²) >= 11 is 1.77. The first-order valence-electron chi connectivity index (χ1n) is 3.34. The van der Waals surface area contributed by atoms with Crippen molar-refractivity contribution in [1.29, 1.82) is 0 Å². The SMILES string of the molecule is Cc1cccc2c1NSC2. The van der Waals surface area contributed by atoms with Gasteiger partial charge in [0.05, 0.1) is 5.69 Å². The molecule has 0 spiro atoms. The fourth-order valence-corrected chi connectivity index (χ4v) is 2.09. The fraction of sp³-hybridized carbons (Fsp3) is 0.250. The summed E-state index contributed by atoms with van der Waals surface area (Å²) in [6.45, 7) is 2.14. The van der Waals surface area contributed by atoms with Crippen LogP contribution in [0, 0.1) is 6.92 Å². The minimum absolute atomic E-state index is 1.11. The van der Waals surface area contributed by atoms with Crippen LogP contribution in [0.4, 0.5) is 5.69 Å². The lowest BCUT2D eigenvalue weighted by atomic mass is 10.1. The highest BCUT2D eigenvalue weighted by Crippen LogP contribution is 2.32. The molecule has 0 atom stereocenters. The van der Waals surface area contributed by atoms with Crippen LogP contribution >= 0.6 is 11.9 Å². The van der Waals surface area contributed by atoms with E-state index in [0.717, 1.165) is 5.75 Å². The van der Waals surface area contributed by atoms with E-state index in [4.69, 9.17) is 0 Å². The van der Waals surface area contributed by atoms with Gasteiger partial charge in [0.25, 0.3) is 0 Å². The quantitative estimate of drug-likeness (QED) is 0.572. The highest BCUT2D eigenvalue weighted by Gasteiger charge is 2.10. The molecule has 0 aromatic heterocycles. The van der Waals surface area contributed by atoms with Crippen molar-refractivity contribution >= 4 is 17.6 Å². The van der Waals surface area contributed by atoms with E-state index in [1.807, 2.05) is 0 Å². The van der Waals surface area contributed by atoms with Gasteiger partial charge in [-0.1, -0.05) is 18.2 Å². The molecule has 0 unspecified atom stereocenters. The van der Waals surface area contributed by atoms with Crippen molar-refractivity contribution < 1.29 is 0 Å². The zero-order valence-electron chi connectivity index (χ0n) is 5.85. The monoisotopic (exact) mass is 151 g/mol. The average molecular weight is 151 g/mol. The number of fused-ring (bicyclic) bond motifs is 1. The predicted octanol–water partition coefficient (Wildman–Crippen LogP) is 2.57.